The predicted octanol–water partition coefficient (Wildman–Crippen LogP) is 1.17. The lowest BCUT2D eigenvalue weighted by Crippen LogP contribution is -2.37. The molecule has 0 radical (unpaired) electrons. The first-order valence-electron chi connectivity index (χ1n) is 5.44. The Morgan fingerprint density at radius 2 is 2.40 bits per heavy atom. The molecular formula is C11H18N2O2. The van der Waals surface area contributed by atoms with Crippen LogP contribution in [0.4, 0.5) is 0 Å². The molecular weight excluding hydrogens is 192 g/mol. The first kappa shape index (κ1) is 12.0. The molecule has 2 atom stereocenters. The number of amides is 1. The van der Waals surface area contributed by atoms with Crippen LogP contribution in [0.5, 0.6) is 0 Å². The Kier molecular flexibility index (Phi) is 4.57. The lowest BCUT2D eigenvalue weighted by atomic mass is 9.98. The number of rotatable bonds is 4. The van der Waals surface area contributed by atoms with Crippen molar-refractivity contribution in [3.05, 3.63) is 0 Å². The van der Waals surface area contributed by atoms with Gasteiger partial charge in [-0.15, -0.1) is 0 Å². The molecule has 0 aromatic heterocycles. The molecule has 1 saturated heterocycles. The first-order valence-corrected chi connectivity index (χ1v) is 5.44. The summed E-state index contributed by atoms with van der Waals surface area (Å²) in [6.07, 6.45) is 2.16. The van der Waals surface area contributed by atoms with Crippen molar-refractivity contribution in [2.45, 2.75) is 32.3 Å². The van der Waals surface area contributed by atoms with Gasteiger partial charge in [0, 0.05) is 20.2 Å². The Labute approximate surface area is 90.8 Å². The number of ether oxygens (including phenoxy) is 1. The highest BCUT2D eigenvalue weighted by atomic mass is 16.5. The van der Waals surface area contributed by atoms with Crippen LogP contribution in [-0.4, -0.2) is 37.1 Å². The monoisotopic (exact) mass is 210 g/mol. The number of nitriles is 1. The summed E-state index contributed by atoms with van der Waals surface area (Å²) >= 11 is 0. The molecule has 1 heterocycles. The zero-order valence-electron chi connectivity index (χ0n) is 9.40. The number of hydrogen-bond acceptors (Lipinski definition) is 3. The second-order valence-electron chi connectivity index (χ2n) is 3.88. The summed E-state index contributed by atoms with van der Waals surface area (Å²) in [7, 11) is 1.75. The summed E-state index contributed by atoms with van der Waals surface area (Å²) in [4.78, 5) is 13.6. The molecule has 1 fully saturated rings. The van der Waals surface area contributed by atoms with Crippen LogP contribution in [0.2, 0.25) is 0 Å². The average molecular weight is 210 g/mol. The van der Waals surface area contributed by atoms with Crippen LogP contribution in [-0.2, 0) is 9.53 Å². The van der Waals surface area contributed by atoms with Gasteiger partial charge in [-0.05, 0) is 12.8 Å². The largest absolute Gasteiger partial charge is 0.377 e. The molecule has 0 saturated carbocycles. The number of hydrogen-bond donors (Lipinski definition) is 0. The number of nitrogens with zero attached hydrogens (tertiary/aromatic N) is 2. The highest BCUT2D eigenvalue weighted by molar-refractivity contribution is 5.79. The molecule has 4 nitrogen and oxygen atoms in total. The van der Waals surface area contributed by atoms with Crippen LogP contribution in [0.15, 0.2) is 0 Å². The van der Waals surface area contributed by atoms with Gasteiger partial charge >= 0.3 is 0 Å². The van der Waals surface area contributed by atoms with E-state index in [9.17, 15) is 4.79 Å². The van der Waals surface area contributed by atoms with Gasteiger partial charge in [0.25, 0.3) is 0 Å². The van der Waals surface area contributed by atoms with E-state index in [1.54, 1.807) is 11.9 Å². The Hall–Kier alpha value is -1.08. The SMILES string of the molecule is CCC1OCCC1C(=O)N(C)CCC#N. The zero-order valence-corrected chi connectivity index (χ0v) is 9.40. The minimum Gasteiger partial charge on any atom is -0.377 e. The molecule has 1 amide bonds. The molecule has 0 aromatic carbocycles. The lowest BCUT2D eigenvalue weighted by Gasteiger charge is -2.22. The van der Waals surface area contributed by atoms with Gasteiger partial charge in [0.2, 0.25) is 5.91 Å². The molecule has 2 unspecified atom stereocenters. The second-order valence-corrected chi connectivity index (χ2v) is 3.88. The molecule has 1 aliphatic heterocycles. The molecule has 84 valence electrons. The molecule has 0 spiro atoms. The van der Waals surface area contributed by atoms with Crippen molar-refractivity contribution in [3.63, 3.8) is 0 Å². The van der Waals surface area contributed by atoms with Crippen LogP contribution in [0, 0.1) is 17.2 Å². The van der Waals surface area contributed by atoms with Crippen LogP contribution in [0.25, 0.3) is 0 Å². The second kappa shape index (κ2) is 5.72. The third kappa shape index (κ3) is 2.93. The van der Waals surface area contributed by atoms with Crippen molar-refractivity contribution in [1.82, 2.24) is 4.90 Å². The van der Waals surface area contributed by atoms with Gasteiger partial charge in [0.05, 0.1) is 24.5 Å². The van der Waals surface area contributed by atoms with E-state index >= 15 is 0 Å². The lowest BCUT2D eigenvalue weighted by molar-refractivity contribution is -0.135. The summed E-state index contributed by atoms with van der Waals surface area (Å²) in [5.41, 5.74) is 0. The summed E-state index contributed by atoms with van der Waals surface area (Å²) in [5, 5.41) is 8.45. The van der Waals surface area contributed by atoms with Gasteiger partial charge in [-0.3, -0.25) is 4.79 Å². The van der Waals surface area contributed by atoms with Gasteiger partial charge in [-0.1, -0.05) is 6.92 Å². The molecule has 0 aliphatic carbocycles. The first-order chi connectivity index (χ1) is 7.20. The van der Waals surface area contributed by atoms with Gasteiger partial charge in [0.15, 0.2) is 0 Å². The number of carbonyl (C=O) groups is 1. The summed E-state index contributed by atoms with van der Waals surface area (Å²) in [6.45, 7) is 3.23. The maximum Gasteiger partial charge on any atom is 0.228 e. The van der Waals surface area contributed by atoms with Gasteiger partial charge in [0.1, 0.15) is 0 Å². The van der Waals surface area contributed by atoms with E-state index in [-0.39, 0.29) is 17.9 Å². The third-order valence-electron chi connectivity index (χ3n) is 2.86. The van der Waals surface area contributed by atoms with Crippen molar-refractivity contribution in [2.24, 2.45) is 5.92 Å². The fourth-order valence-corrected chi connectivity index (χ4v) is 1.94. The van der Waals surface area contributed by atoms with Crippen molar-refractivity contribution < 1.29 is 9.53 Å². The maximum atomic E-state index is 12.0. The van der Waals surface area contributed by atoms with Crippen molar-refractivity contribution >= 4 is 5.91 Å². The molecule has 0 aromatic rings. The zero-order chi connectivity index (χ0) is 11.3. The fraction of sp³-hybridized carbons (Fsp3) is 0.818. The van der Waals surface area contributed by atoms with E-state index in [1.165, 1.54) is 0 Å². The van der Waals surface area contributed by atoms with Crippen molar-refractivity contribution in [1.29, 1.82) is 5.26 Å². The fourth-order valence-electron chi connectivity index (χ4n) is 1.94. The Balaban J connectivity index is 2.48. The van der Waals surface area contributed by atoms with E-state index in [2.05, 4.69) is 0 Å². The standard InChI is InChI=1S/C11H18N2O2/c1-3-10-9(5-8-15-10)11(14)13(2)7-4-6-12/h9-10H,3-5,7-8H2,1-2H3. The molecule has 15 heavy (non-hydrogen) atoms. The van der Waals surface area contributed by atoms with E-state index in [0.29, 0.717) is 19.6 Å². The van der Waals surface area contributed by atoms with Gasteiger partial charge < -0.3 is 9.64 Å². The minimum absolute atomic E-state index is 0.00121. The van der Waals surface area contributed by atoms with Crippen LogP contribution >= 0.6 is 0 Å². The normalized spacial score (nSPS) is 24.9. The molecule has 1 rings (SSSR count). The minimum atomic E-state index is -0.00121. The smallest absolute Gasteiger partial charge is 0.228 e. The van der Waals surface area contributed by atoms with E-state index < -0.39 is 0 Å². The highest BCUT2D eigenvalue weighted by Crippen LogP contribution is 2.24. The summed E-state index contributed by atoms with van der Waals surface area (Å²) in [6, 6.07) is 2.04. The molecule has 0 bridgehead atoms. The van der Waals surface area contributed by atoms with E-state index in [1.807, 2.05) is 13.0 Å². The van der Waals surface area contributed by atoms with Gasteiger partial charge in [-0.2, -0.15) is 5.26 Å². The van der Waals surface area contributed by atoms with Crippen LogP contribution < -0.4 is 0 Å². The Morgan fingerprint density at radius 1 is 1.67 bits per heavy atom. The van der Waals surface area contributed by atoms with E-state index in [4.69, 9.17) is 10.00 Å². The summed E-state index contributed by atoms with van der Waals surface area (Å²) < 4.78 is 5.48. The highest BCUT2D eigenvalue weighted by Gasteiger charge is 2.34. The Bertz CT molecular complexity index is 260. The number of carbonyl (C=O) groups excluding carboxylic acids is 1. The molecule has 1 aliphatic rings. The van der Waals surface area contributed by atoms with Crippen molar-refractivity contribution in [3.8, 4) is 6.07 Å². The topological polar surface area (TPSA) is 53.3 Å². The van der Waals surface area contributed by atoms with Crippen molar-refractivity contribution in [2.75, 3.05) is 20.2 Å². The quantitative estimate of drug-likeness (QED) is 0.700. The van der Waals surface area contributed by atoms with E-state index in [0.717, 1.165) is 12.8 Å². The molecule has 4 heteroatoms. The van der Waals surface area contributed by atoms with Crippen LogP contribution in [0.1, 0.15) is 26.2 Å². The maximum absolute atomic E-state index is 12.0. The Morgan fingerprint density at radius 3 is 3.00 bits per heavy atom. The van der Waals surface area contributed by atoms with Crippen LogP contribution in [0.3, 0.4) is 0 Å². The average Bonchev–Trinajstić information content (AvgIpc) is 2.72. The third-order valence-corrected chi connectivity index (χ3v) is 2.86. The predicted molar refractivity (Wildman–Crippen MR) is 56.0 cm³/mol. The van der Waals surface area contributed by atoms with Gasteiger partial charge in [-0.25, -0.2) is 0 Å². The molecule has 0 N–H and O–H groups in total. The summed E-state index contributed by atoms with van der Waals surface area (Å²) in [5.74, 6) is 0.119.